The number of methoxy groups -OCH3 is 2. The Hall–Kier alpha value is -0.740. The van der Waals surface area contributed by atoms with Gasteiger partial charge < -0.3 is 14.8 Å². The van der Waals surface area contributed by atoms with E-state index < -0.39 is 0 Å². The normalized spacial score (nSPS) is 22.6. The summed E-state index contributed by atoms with van der Waals surface area (Å²) in [6.45, 7) is 3.18. The summed E-state index contributed by atoms with van der Waals surface area (Å²) in [7, 11) is 3.37. The molecule has 1 N–H and O–H groups in total. The van der Waals surface area contributed by atoms with Crippen LogP contribution in [-0.2, 0) is 6.54 Å². The summed E-state index contributed by atoms with van der Waals surface area (Å²) in [6.07, 6.45) is 5.32. The molecule has 2 rings (SSSR count). The molecular weight excluding hydrogens is 318 g/mol. The molecule has 0 bridgehead atoms. The number of benzene rings is 1. The highest BCUT2D eigenvalue weighted by Crippen LogP contribution is 2.33. The van der Waals surface area contributed by atoms with Gasteiger partial charge in [0.2, 0.25) is 0 Å². The minimum Gasteiger partial charge on any atom is -0.496 e. The highest BCUT2D eigenvalue weighted by atomic mass is 79.9. The molecule has 2 atom stereocenters. The van der Waals surface area contributed by atoms with Gasteiger partial charge in [-0.15, -0.1) is 0 Å². The van der Waals surface area contributed by atoms with Crippen molar-refractivity contribution < 1.29 is 9.47 Å². The predicted molar refractivity (Wildman–Crippen MR) is 85.5 cm³/mol. The molecule has 20 heavy (non-hydrogen) atoms. The Morgan fingerprint density at radius 1 is 1.15 bits per heavy atom. The van der Waals surface area contributed by atoms with Gasteiger partial charge in [-0.1, -0.05) is 19.8 Å². The lowest BCUT2D eigenvalue weighted by atomic mass is 9.86. The Morgan fingerprint density at radius 3 is 2.50 bits per heavy atom. The molecule has 0 radical (unpaired) electrons. The van der Waals surface area contributed by atoms with E-state index in [9.17, 15) is 0 Å². The fourth-order valence-electron chi connectivity index (χ4n) is 2.92. The Balaban J connectivity index is 2.06. The average Bonchev–Trinajstić information content (AvgIpc) is 2.46. The molecular formula is C16H24BrNO2. The molecule has 0 aliphatic heterocycles. The number of rotatable bonds is 5. The zero-order chi connectivity index (χ0) is 14.5. The molecule has 0 aromatic heterocycles. The van der Waals surface area contributed by atoms with E-state index in [2.05, 4.69) is 34.2 Å². The summed E-state index contributed by atoms with van der Waals surface area (Å²) >= 11 is 3.54. The van der Waals surface area contributed by atoms with Gasteiger partial charge in [0.1, 0.15) is 11.5 Å². The minimum atomic E-state index is 0.620. The lowest BCUT2D eigenvalue weighted by Gasteiger charge is -2.30. The highest BCUT2D eigenvalue weighted by molar-refractivity contribution is 9.10. The Morgan fingerprint density at radius 2 is 1.85 bits per heavy atom. The standard InChI is InChI=1S/C16H24BrNO2/c1-11-6-4-5-7-14(11)18-10-12-8-13(17)16(20-3)9-15(12)19-2/h8-9,11,14,18H,4-7,10H2,1-3H3/t11-,14-/m0/s1. The van der Waals surface area contributed by atoms with Crippen LogP contribution in [0.2, 0.25) is 0 Å². The first-order valence-corrected chi connectivity index (χ1v) is 8.08. The van der Waals surface area contributed by atoms with Gasteiger partial charge in [-0.3, -0.25) is 0 Å². The van der Waals surface area contributed by atoms with Crippen molar-refractivity contribution in [2.24, 2.45) is 5.92 Å². The van der Waals surface area contributed by atoms with Crippen LogP contribution in [0.25, 0.3) is 0 Å². The molecule has 112 valence electrons. The van der Waals surface area contributed by atoms with Gasteiger partial charge in [0.05, 0.1) is 18.7 Å². The van der Waals surface area contributed by atoms with Crippen molar-refractivity contribution in [3.05, 3.63) is 22.2 Å². The summed E-state index contributed by atoms with van der Waals surface area (Å²) in [6, 6.07) is 4.64. The molecule has 0 spiro atoms. The van der Waals surface area contributed by atoms with Gasteiger partial charge in [-0.05, 0) is 40.8 Å². The number of halogens is 1. The van der Waals surface area contributed by atoms with E-state index in [4.69, 9.17) is 9.47 Å². The van der Waals surface area contributed by atoms with Gasteiger partial charge >= 0.3 is 0 Å². The number of hydrogen-bond acceptors (Lipinski definition) is 3. The van der Waals surface area contributed by atoms with Gasteiger partial charge in [-0.25, -0.2) is 0 Å². The van der Waals surface area contributed by atoms with Crippen molar-refractivity contribution in [2.45, 2.75) is 45.2 Å². The molecule has 1 aromatic rings. The van der Waals surface area contributed by atoms with Crippen LogP contribution >= 0.6 is 15.9 Å². The second-order valence-electron chi connectivity index (χ2n) is 5.55. The largest absolute Gasteiger partial charge is 0.496 e. The first kappa shape index (κ1) is 15.6. The zero-order valence-electron chi connectivity index (χ0n) is 12.5. The summed E-state index contributed by atoms with van der Waals surface area (Å²) in [5.41, 5.74) is 1.16. The van der Waals surface area contributed by atoms with Crippen LogP contribution in [0, 0.1) is 5.92 Å². The summed E-state index contributed by atoms with van der Waals surface area (Å²) in [5, 5.41) is 3.69. The van der Waals surface area contributed by atoms with Crippen molar-refractivity contribution in [1.82, 2.24) is 5.32 Å². The zero-order valence-corrected chi connectivity index (χ0v) is 14.1. The predicted octanol–water partition coefficient (Wildman–Crippen LogP) is 4.13. The second kappa shape index (κ2) is 7.32. The van der Waals surface area contributed by atoms with Gasteiger partial charge in [-0.2, -0.15) is 0 Å². The molecule has 1 aliphatic carbocycles. The van der Waals surface area contributed by atoms with Crippen LogP contribution in [0.1, 0.15) is 38.2 Å². The molecule has 0 heterocycles. The third-order valence-corrected chi connectivity index (χ3v) is 4.84. The molecule has 0 unspecified atom stereocenters. The monoisotopic (exact) mass is 341 g/mol. The fourth-order valence-corrected chi connectivity index (χ4v) is 3.47. The van der Waals surface area contributed by atoms with E-state index in [0.29, 0.717) is 6.04 Å². The first-order chi connectivity index (χ1) is 9.65. The van der Waals surface area contributed by atoms with Crippen LogP contribution in [0.5, 0.6) is 11.5 Å². The fraction of sp³-hybridized carbons (Fsp3) is 0.625. The molecule has 1 aliphatic rings. The molecule has 1 fully saturated rings. The summed E-state index contributed by atoms with van der Waals surface area (Å²) in [4.78, 5) is 0. The van der Waals surface area contributed by atoms with Crippen molar-refractivity contribution in [2.75, 3.05) is 14.2 Å². The van der Waals surface area contributed by atoms with Gasteiger partial charge in [0, 0.05) is 24.2 Å². The summed E-state index contributed by atoms with van der Waals surface area (Å²) < 4.78 is 11.7. The quantitative estimate of drug-likeness (QED) is 0.873. The lowest BCUT2D eigenvalue weighted by Crippen LogP contribution is -2.36. The first-order valence-electron chi connectivity index (χ1n) is 7.29. The van der Waals surface area contributed by atoms with Crippen LogP contribution in [0.15, 0.2) is 16.6 Å². The summed E-state index contributed by atoms with van der Waals surface area (Å²) in [5.74, 6) is 2.44. The molecule has 0 saturated heterocycles. The van der Waals surface area contributed by atoms with Crippen molar-refractivity contribution in [1.29, 1.82) is 0 Å². The van der Waals surface area contributed by atoms with Crippen molar-refractivity contribution >= 4 is 15.9 Å². The Bertz CT molecular complexity index is 450. The maximum absolute atomic E-state index is 5.47. The minimum absolute atomic E-state index is 0.620. The Kier molecular flexibility index (Phi) is 5.73. The van der Waals surface area contributed by atoms with Crippen LogP contribution in [0.4, 0.5) is 0 Å². The molecule has 3 nitrogen and oxygen atoms in total. The van der Waals surface area contributed by atoms with E-state index in [1.807, 2.05) is 6.07 Å². The van der Waals surface area contributed by atoms with Crippen LogP contribution < -0.4 is 14.8 Å². The molecule has 0 amide bonds. The average molecular weight is 342 g/mol. The maximum Gasteiger partial charge on any atom is 0.136 e. The highest BCUT2D eigenvalue weighted by Gasteiger charge is 2.21. The van der Waals surface area contributed by atoms with Crippen molar-refractivity contribution in [3.63, 3.8) is 0 Å². The number of nitrogens with one attached hydrogen (secondary N) is 1. The topological polar surface area (TPSA) is 30.5 Å². The van der Waals surface area contributed by atoms with E-state index >= 15 is 0 Å². The third-order valence-electron chi connectivity index (χ3n) is 4.22. The van der Waals surface area contributed by atoms with Crippen molar-refractivity contribution in [3.8, 4) is 11.5 Å². The second-order valence-corrected chi connectivity index (χ2v) is 6.40. The third kappa shape index (κ3) is 3.67. The Labute approximate surface area is 130 Å². The van der Waals surface area contributed by atoms with Gasteiger partial charge in [0.25, 0.3) is 0 Å². The molecule has 1 aromatic carbocycles. The molecule has 1 saturated carbocycles. The van der Waals surface area contributed by atoms with E-state index in [0.717, 1.165) is 34.0 Å². The van der Waals surface area contributed by atoms with Gasteiger partial charge in [0.15, 0.2) is 0 Å². The lowest BCUT2D eigenvalue weighted by molar-refractivity contribution is 0.278. The van der Waals surface area contributed by atoms with E-state index in [1.54, 1.807) is 14.2 Å². The van der Waals surface area contributed by atoms with E-state index in [-0.39, 0.29) is 0 Å². The number of hydrogen-bond donors (Lipinski definition) is 1. The van der Waals surface area contributed by atoms with Crippen LogP contribution in [-0.4, -0.2) is 20.3 Å². The SMILES string of the molecule is COc1cc(OC)c(CN[C@H]2CCCC[C@@H]2C)cc1Br. The number of ether oxygens (including phenoxy) is 2. The van der Waals surface area contributed by atoms with E-state index in [1.165, 1.54) is 25.7 Å². The smallest absolute Gasteiger partial charge is 0.136 e. The van der Waals surface area contributed by atoms with Crippen LogP contribution in [0.3, 0.4) is 0 Å². The molecule has 4 heteroatoms. The maximum atomic E-state index is 5.47.